The first-order chi connectivity index (χ1) is 18.0. The maximum absolute atomic E-state index is 13.7. The second-order valence-electron chi connectivity index (χ2n) is 9.93. The van der Waals surface area contributed by atoms with E-state index in [1.54, 1.807) is 6.08 Å². The molecule has 3 N–H and O–H groups in total. The largest absolute Gasteiger partial charge is 0.482 e. The number of halogens is 1. The van der Waals surface area contributed by atoms with Crippen molar-refractivity contribution in [3.05, 3.63) is 52.1 Å². The molecule has 2 aliphatic carbocycles. The van der Waals surface area contributed by atoms with Crippen molar-refractivity contribution in [1.29, 1.82) is 0 Å². The normalized spacial score (nSPS) is 22.5. The van der Waals surface area contributed by atoms with Crippen LogP contribution in [0.2, 0.25) is 0 Å². The summed E-state index contributed by atoms with van der Waals surface area (Å²) in [6.07, 6.45) is 11.2. The second kappa shape index (κ2) is 15.5. The molecule has 0 aromatic heterocycles. The molecule has 2 aliphatic rings. The predicted octanol–water partition coefficient (Wildman–Crippen LogP) is 4.50. The average Bonchev–Trinajstić information content (AvgIpc) is 3.18. The van der Waals surface area contributed by atoms with E-state index in [-0.39, 0.29) is 37.4 Å². The van der Waals surface area contributed by atoms with Crippen LogP contribution >= 0.6 is 22.6 Å². The van der Waals surface area contributed by atoms with Crippen molar-refractivity contribution in [3.63, 3.8) is 0 Å². The molecule has 3 rings (SSSR count). The molecule has 0 radical (unpaired) electrons. The highest BCUT2D eigenvalue weighted by Crippen LogP contribution is 2.33. The molecule has 1 saturated carbocycles. The SMILES string of the molecule is C=CCCCCC(=O)N(C1CCCCCC1)[C@@H]1CC(C(=O)NCCO)=C[C@H](Oc2ccccc2I)[C@H]1O. The lowest BCUT2D eigenvalue weighted by Gasteiger charge is -2.44. The number of carbonyl (C=O) groups excluding carboxylic acids is 2. The number of para-hydroxylation sites is 1. The smallest absolute Gasteiger partial charge is 0.247 e. The number of carbonyl (C=O) groups is 2. The average molecular weight is 625 g/mol. The van der Waals surface area contributed by atoms with E-state index >= 15 is 0 Å². The van der Waals surface area contributed by atoms with Gasteiger partial charge in [0.25, 0.3) is 0 Å². The minimum atomic E-state index is -0.981. The van der Waals surface area contributed by atoms with E-state index in [0.29, 0.717) is 17.7 Å². The number of amides is 2. The molecule has 2 amide bonds. The number of benzene rings is 1. The van der Waals surface area contributed by atoms with Gasteiger partial charge in [-0.25, -0.2) is 0 Å². The Morgan fingerprint density at radius 3 is 2.57 bits per heavy atom. The highest BCUT2D eigenvalue weighted by molar-refractivity contribution is 14.1. The number of nitrogens with zero attached hydrogens (tertiary/aromatic N) is 1. The molecule has 0 spiro atoms. The van der Waals surface area contributed by atoms with E-state index in [4.69, 9.17) is 4.74 Å². The van der Waals surface area contributed by atoms with E-state index in [2.05, 4.69) is 34.5 Å². The Balaban J connectivity index is 1.92. The van der Waals surface area contributed by atoms with Gasteiger partial charge in [0.1, 0.15) is 18.0 Å². The first kappa shape index (κ1) is 29.6. The number of ether oxygens (including phenoxy) is 1. The summed E-state index contributed by atoms with van der Waals surface area (Å²) in [5.41, 5.74) is 0.470. The van der Waals surface area contributed by atoms with Gasteiger partial charge in [-0.3, -0.25) is 9.59 Å². The van der Waals surface area contributed by atoms with E-state index in [1.807, 2.05) is 35.2 Å². The molecule has 0 saturated heterocycles. The summed E-state index contributed by atoms with van der Waals surface area (Å²) < 4.78 is 7.15. The number of hydrogen-bond acceptors (Lipinski definition) is 5. The van der Waals surface area contributed by atoms with Crippen LogP contribution in [-0.2, 0) is 9.59 Å². The van der Waals surface area contributed by atoms with E-state index in [1.165, 1.54) is 0 Å². The first-order valence-corrected chi connectivity index (χ1v) is 14.6. The Morgan fingerprint density at radius 1 is 1.16 bits per heavy atom. The summed E-state index contributed by atoms with van der Waals surface area (Å²) in [7, 11) is 0. The zero-order chi connectivity index (χ0) is 26.6. The van der Waals surface area contributed by atoms with E-state index < -0.39 is 18.2 Å². The third-order valence-electron chi connectivity index (χ3n) is 7.23. The lowest BCUT2D eigenvalue weighted by Crippen LogP contribution is -2.58. The number of hydrogen-bond donors (Lipinski definition) is 3. The fourth-order valence-corrected chi connectivity index (χ4v) is 5.84. The van der Waals surface area contributed by atoms with Crippen LogP contribution in [0.4, 0.5) is 0 Å². The third-order valence-corrected chi connectivity index (χ3v) is 8.12. The number of rotatable bonds is 12. The molecule has 1 aromatic carbocycles. The summed E-state index contributed by atoms with van der Waals surface area (Å²) in [5.74, 6) is 0.350. The molecular weight excluding hydrogens is 583 g/mol. The zero-order valence-electron chi connectivity index (χ0n) is 21.6. The number of unbranched alkanes of at least 4 members (excludes halogenated alkanes) is 2. The molecule has 0 aliphatic heterocycles. The van der Waals surface area contributed by atoms with Crippen molar-refractivity contribution >= 4 is 34.4 Å². The molecule has 8 heteroatoms. The highest BCUT2D eigenvalue weighted by Gasteiger charge is 2.42. The maximum Gasteiger partial charge on any atom is 0.247 e. The molecule has 0 heterocycles. The molecule has 7 nitrogen and oxygen atoms in total. The van der Waals surface area contributed by atoms with Gasteiger partial charge in [0.15, 0.2) is 0 Å². The van der Waals surface area contributed by atoms with Crippen LogP contribution in [0.15, 0.2) is 48.6 Å². The van der Waals surface area contributed by atoms with Crippen molar-refractivity contribution in [1.82, 2.24) is 10.2 Å². The topological polar surface area (TPSA) is 99.1 Å². The Bertz CT molecular complexity index is 929. The Morgan fingerprint density at radius 2 is 1.89 bits per heavy atom. The van der Waals surface area contributed by atoms with Crippen molar-refractivity contribution in [2.24, 2.45) is 0 Å². The van der Waals surface area contributed by atoms with Gasteiger partial charge in [0, 0.05) is 31.0 Å². The molecule has 0 unspecified atom stereocenters. The van der Waals surface area contributed by atoms with Crippen LogP contribution in [0.25, 0.3) is 0 Å². The molecule has 204 valence electrons. The van der Waals surface area contributed by atoms with E-state index in [0.717, 1.165) is 61.4 Å². The minimum absolute atomic E-state index is 0.0325. The fourth-order valence-electron chi connectivity index (χ4n) is 5.32. The Labute approximate surface area is 234 Å². The van der Waals surface area contributed by atoms with Gasteiger partial charge in [-0.15, -0.1) is 6.58 Å². The van der Waals surface area contributed by atoms with Gasteiger partial charge in [0.2, 0.25) is 11.8 Å². The van der Waals surface area contributed by atoms with Gasteiger partial charge >= 0.3 is 0 Å². The quantitative estimate of drug-likeness (QED) is 0.138. The lowest BCUT2D eigenvalue weighted by molar-refractivity contribution is -0.142. The second-order valence-corrected chi connectivity index (χ2v) is 11.1. The van der Waals surface area contributed by atoms with Crippen LogP contribution in [0.5, 0.6) is 5.75 Å². The van der Waals surface area contributed by atoms with Gasteiger partial charge < -0.3 is 25.2 Å². The molecule has 1 fully saturated rings. The summed E-state index contributed by atoms with van der Waals surface area (Å²) >= 11 is 2.19. The lowest BCUT2D eigenvalue weighted by atomic mass is 9.86. The summed E-state index contributed by atoms with van der Waals surface area (Å²) in [4.78, 5) is 28.6. The summed E-state index contributed by atoms with van der Waals surface area (Å²) in [6, 6.07) is 7.01. The minimum Gasteiger partial charge on any atom is -0.482 e. The molecule has 0 bridgehead atoms. The standard InChI is InChI=1S/C29H41IN2O5/c1-2-3-4-9-16-27(34)32(22-12-7-5-6-8-13-22)24-19-21(29(36)31-17-18-33)20-26(28(24)35)37-25-15-11-10-14-23(25)30/h2,10-11,14-15,20,22,24,26,28,33,35H,1,3-9,12-13,16-19H2,(H,31,36)/t24-,26+,28+/m1/s1. The summed E-state index contributed by atoms with van der Waals surface area (Å²) in [5, 5.41) is 23.6. The van der Waals surface area contributed by atoms with Crippen molar-refractivity contribution < 1.29 is 24.5 Å². The van der Waals surface area contributed by atoms with Crippen molar-refractivity contribution in [2.75, 3.05) is 13.2 Å². The Hall–Kier alpha value is -1.91. The monoisotopic (exact) mass is 624 g/mol. The third kappa shape index (κ3) is 8.55. The van der Waals surface area contributed by atoms with Gasteiger partial charge in [-0.05, 0) is 72.9 Å². The van der Waals surface area contributed by atoms with Gasteiger partial charge in [-0.2, -0.15) is 0 Å². The van der Waals surface area contributed by atoms with E-state index in [9.17, 15) is 19.8 Å². The highest BCUT2D eigenvalue weighted by atomic mass is 127. The van der Waals surface area contributed by atoms with Gasteiger partial charge in [0.05, 0.1) is 16.2 Å². The summed E-state index contributed by atoms with van der Waals surface area (Å²) in [6.45, 7) is 3.75. The fraction of sp³-hybridized carbons (Fsp3) is 0.586. The first-order valence-electron chi connectivity index (χ1n) is 13.6. The molecule has 37 heavy (non-hydrogen) atoms. The van der Waals surface area contributed by atoms with Crippen LogP contribution in [-0.4, -0.2) is 64.4 Å². The van der Waals surface area contributed by atoms with Gasteiger partial charge in [-0.1, -0.05) is 43.9 Å². The molecule has 1 aromatic rings. The van der Waals surface area contributed by atoms with Crippen LogP contribution in [0, 0.1) is 3.57 Å². The van der Waals surface area contributed by atoms with Crippen molar-refractivity contribution in [2.45, 2.75) is 94.9 Å². The Kier molecular flexibility index (Phi) is 12.4. The number of nitrogens with one attached hydrogen (secondary N) is 1. The van der Waals surface area contributed by atoms with Crippen LogP contribution < -0.4 is 10.1 Å². The molecular formula is C29H41IN2O5. The number of aliphatic hydroxyl groups is 2. The van der Waals surface area contributed by atoms with Crippen molar-refractivity contribution in [3.8, 4) is 5.75 Å². The maximum atomic E-state index is 13.7. The number of allylic oxidation sites excluding steroid dienone is 1. The molecule has 3 atom stereocenters. The van der Waals surface area contributed by atoms with Crippen LogP contribution in [0.1, 0.15) is 70.6 Å². The van der Waals surface area contributed by atoms with Crippen LogP contribution in [0.3, 0.4) is 0 Å². The predicted molar refractivity (Wildman–Crippen MR) is 153 cm³/mol. The zero-order valence-corrected chi connectivity index (χ0v) is 23.8. The number of aliphatic hydroxyl groups excluding tert-OH is 2.